The zero-order valence-electron chi connectivity index (χ0n) is 20.3. The Balaban J connectivity index is 1.64. The van der Waals surface area contributed by atoms with Crippen LogP contribution in [0.3, 0.4) is 0 Å². The zero-order valence-corrected chi connectivity index (χ0v) is 21.1. The Bertz CT molecular complexity index is 1340. The number of hydrogen-bond donors (Lipinski definition) is 0. The number of alkyl halides is 3. The lowest BCUT2D eigenvalue weighted by atomic mass is 9.80. The molecule has 2 aromatic carbocycles. The summed E-state index contributed by atoms with van der Waals surface area (Å²) >= 11 is 0. The van der Waals surface area contributed by atoms with Crippen molar-refractivity contribution in [2.75, 3.05) is 24.5 Å². The van der Waals surface area contributed by atoms with Crippen molar-refractivity contribution in [1.82, 2.24) is 9.21 Å². The predicted molar refractivity (Wildman–Crippen MR) is 128 cm³/mol. The number of hydrogen-bond acceptors (Lipinski definition) is 5. The van der Waals surface area contributed by atoms with E-state index in [1.165, 1.54) is 27.4 Å². The Morgan fingerprint density at radius 3 is 2.11 bits per heavy atom. The summed E-state index contributed by atoms with van der Waals surface area (Å²) < 4.78 is 65.2. The van der Waals surface area contributed by atoms with E-state index in [4.69, 9.17) is 0 Å². The molecular weight excluding hydrogens is 511 g/mol. The average Bonchev–Trinajstić information content (AvgIpc) is 3.24. The van der Waals surface area contributed by atoms with Crippen LogP contribution in [0, 0.1) is 0 Å². The summed E-state index contributed by atoms with van der Waals surface area (Å²) in [5.41, 5.74) is -0.685. The second-order valence-electron chi connectivity index (χ2n) is 8.94. The molecule has 1 fully saturated rings. The molecule has 0 radical (unpaired) electrons. The van der Waals surface area contributed by atoms with Gasteiger partial charge in [0.2, 0.25) is 27.7 Å². The lowest BCUT2D eigenvalue weighted by Crippen LogP contribution is -2.46. The maximum Gasteiger partial charge on any atom is 0.390 e. The van der Waals surface area contributed by atoms with Gasteiger partial charge < -0.3 is 4.90 Å². The fraction of sp³-hybridized carbons (Fsp3) is 0.400. The molecule has 0 bridgehead atoms. The first-order valence-electron chi connectivity index (χ1n) is 11.8. The van der Waals surface area contributed by atoms with Crippen LogP contribution >= 0.6 is 0 Å². The molecule has 1 unspecified atom stereocenters. The lowest BCUT2D eigenvalue weighted by molar-refractivity contribution is -0.150. The van der Waals surface area contributed by atoms with Crippen LogP contribution in [-0.2, 0) is 36.4 Å². The number of para-hydroxylation sites is 1. The summed E-state index contributed by atoms with van der Waals surface area (Å²) in [6.07, 6.45) is -6.47. The number of imide groups is 1. The molecule has 1 spiro atoms. The number of halogens is 3. The van der Waals surface area contributed by atoms with Crippen LogP contribution in [0.2, 0.25) is 0 Å². The van der Waals surface area contributed by atoms with Gasteiger partial charge in [-0.1, -0.05) is 44.2 Å². The maximum absolute atomic E-state index is 13.7. The van der Waals surface area contributed by atoms with Gasteiger partial charge in [-0.15, -0.1) is 0 Å². The largest absolute Gasteiger partial charge is 0.390 e. The zero-order chi connectivity index (χ0) is 27.2. The molecule has 0 aliphatic carbocycles. The van der Waals surface area contributed by atoms with Crippen LogP contribution < -0.4 is 4.90 Å². The van der Waals surface area contributed by atoms with E-state index in [0.29, 0.717) is 29.2 Å². The monoisotopic (exact) mass is 537 g/mol. The molecule has 2 heterocycles. The van der Waals surface area contributed by atoms with E-state index in [1.54, 1.807) is 44.2 Å². The molecule has 0 aromatic heterocycles. The number of benzene rings is 2. The highest BCUT2D eigenvalue weighted by molar-refractivity contribution is 7.89. The minimum atomic E-state index is -4.56. The van der Waals surface area contributed by atoms with Crippen LogP contribution in [0.4, 0.5) is 18.9 Å². The van der Waals surface area contributed by atoms with Crippen LogP contribution in [0.5, 0.6) is 0 Å². The van der Waals surface area contributed by atoms with Gasteiger partial charge in [-0.2, -0.15) is 17.5 Å². The van der Waals surface area contributed by atoms with E-state index in [-0.39, 0.29) is 17.0 Å². The molecule has 4 rings (SSSR count). The molecule has 3 amide bonds. The summed E-state index contributed by atoms with van der Waals surface area (Å²) in [6, 6.07) is 12.4. The number of carbonyl (C=O) groups excluding carboxylic acids is 3. The van der Waals surface area contributed by atoms with Gasteiger partial charge >= 0.3 is 6.18 Å². The van der Waals surface area contributed by atoms with Crippen molar-refractivity contribution in [2.24, 2.45) is 0 Å². The maximum atomic E-state index is 13.7. The fourth-order valence-electron chi connectivity index (χ4n) is 4.93. The number of rotatable bonds is 8. The van der Waals surface area contributed by atoms with Gasteiger partial charge in [-0.3, -0.25) is 19.3 Å². The van der Waals surface area contributed by atoms with E-state index in [0.717, 1.165) is 0 Å². The van der Waals surface area contributed by atoms with Crippen LogP contribution in [-0.4, -0.2) is 61.2 Å². The van der Waals surface area contributed by atoms with Crippen molar-refractivity contribution in [2.45, 2.75) is 49.7 Å². The Morgan fingerprint density at radius 2 is 1.51 bits per heavy atom. The van der Waals surface area contributed by atoms with Crippen molar-refractivity contribution in [3.63, 3.8) is 0 Å². The molecule has 1 atom stereocenters. The first kappa shape index (κ1) is 26.8. The molecule has 0 N–H and O–H groups in total. The minimum absolute atomic E-state index is 0.0206. The summed E-state index contributed by atoms with van der Waals surface area (Å²) in [4.78, 5) is 41.6. The van der Waals surface area contributed by atoms with Crippen molar-refractivity contribution in [1.29, 1.82) is 0 Å². The molecule has 1 saturated heterocycles. The highest BCUT2D eigenvalue weighted by Crippen LogP contribution is 2.49. The number of carbonyl (C=O) groups is 3. The van der Waals surface area contributed by atoms with Gasteiger partial charge in [0.1, 0.15) is 0 Å². The molecule has 2 aliphatic rings. The fourth-order valence-corrected chi connectivity index (χ4v) is 6.39. The van der Waals surface area contributed by atoms with Gasteiger partial charge in [-0.25, -0.2) is 8.42 Å². The van der Waals surface area contributed by atoms with Crippen LogP contribution in [0.25, 0.3) is 0 Å². The number of amides is 3. The highest BCUT2D eigenvalue weighted by Gasteiger charge is 2.63. The van der Waals surface area contributed by atoms with Crippen molar-refractivity contribution in [3.8, 4) is 0 Å². The number of nitrogens with zero attached hydrogens (tertiary/aromatic N) is 3. The molecule has 2 aliphatic heterocycles. The third-order valence-electron chi connectivity index (χ3n) is 6.82. The summed E-state index contributed by atoms with van der Waals surface area (Å²) in [7, 11) is -3.67. The van der Waals surface area contributed by atoms with Crippen LogP contribution in [0.15, 0.2) is 53.4 Å². The normalized spacial score (nSPS) is 20.0. The molecule has 12 heteroatoms. The smallest absolute Gasteiger partial charge is 0.306 e. The SMILES string of the molecule is CCN(CC)S(=O)(=O)c1ccc(CN2C(=O)C3(CC(=O)N(CCC(F)(F)F)C3=O)c3ccccc32)cc1. The lowest BCUT2D eigenvalue weighted by Gasteiger charge is -2.23. The summed E-state index contributed by atoms with van der Waals surface area (Å²) in [6.45, 7) is 3.24. The number of fused-ring (bicyclic) bond motifs is 2. The number of likely N-dealkylation sites (tertiary alicyclic amines) is 1. The standard InChI is InChI=1S/C25H26F3N3O5S/c1-3-29(4-2)37(35,36)18-11-9-17(10-12-18)16-31-20-8-6-5-7-19(20)24(23(31)34)15-21(32)30(22(24)33)14-13-25(26,27)28/h5-12H,3-4,13-16H2,1-2H3. The quantitative estimate of drug-likeness (QED) is 0.381. The van der Waals surface area contributed by atoms with Gasteiger partial charge in [0.05, 0.1) is 24.3 Å². The Morgan fingerprint density at radius 1 is 0.919 bits per heavy atom. The third-order valence-corrected chi connectivity index (χ3v) is 8.88. The highest BCUT2D eigenvalue weighted by atomic mass is 32.2. The predicted octanol–water partition coefficient (Wildman–Crippen LogP) is 3.21. The van der Waals surface area contributed by atoms with E-state index < -0.39 is 58.7 Å². The summed E-state index contributed by atoms with van der Waals surface area (Å²) in [5, 5.41) is 0. The van der Waals surface area contributed by atoms with Gasteiger partial charge in [0, 0.05) is 30.9 Å². The van der Waals surface area contributed by atoms with Gasteiger partial charge in [0.25, 0.3) is 0 Å². The third kappa shape index (κ3) is 4.52. The number of sulfonamides is 1. The van der Waals surface area contributed by atoms with E-state index in [9.17, 15) is 36.0 Å². The van der Waals surface area contributed by atoms with E-state index >= 15 is 0 Å². The molecule has 8 nitrogen and oxygen atoms in total. The van der Waals surface area contributed by atoms with Crippen molar-refractivity contribution in [3.05, 3.63) is 59.7 Å². The minimum Gasteiger partial charge on any atom is -0.306 e. The average molecular weight is 538 g/mol. The Kier molecular flexibility index (Phi) is 6.93. The second kappa shape index (κ2) is 9.56. The van der Waals surface area contributed by atoms with Crippen molar-refractivity contribution < 1.29 is 36.0 Å². The van der Waals surface area contributed by atoms with Crippen molar-refractivity contribution >= 4 is 33.4 Å². The number of anilines is 1. The van der Waals surface area contributed by atoms with Gasteiger partial charge in [-0.05, 0) is 23.8 Å². The molecule has 2 aromatic rings. The van der Waals surface area contributed by atoms with E-state index in [1.807, 2.05) is 0 Å². The summed E-state index contributed by atoms with van der Waals surface area (Å²) in [5.74, 6) is -2.48. The first-order chi connectivity index (χ1) is 17.4. The Hall–Kier alpha value is -3.25. The topological polar surface area (TPSA) is 95.1 Å². The Labute approximate surface area is 212 Å². The molecule has 198 valence electrons. The van der Waals surface area contributed by atoms with E-state index in [2.05, 4.69) is 0 Å². The molecule has 0 saturated carbocycles. The molecule has 37 heavy (non-hydrogen) atoms. The molecular formula is C25H26F3N3O5S. The van der Waals surface area contributed by atoms with Gasteiger partial charge in [0.15, 0.2) is 5.41 Å². The second-order valence-corrected chi connectivity index (χ2v) is 10.9. The van der Waals surface area contributed by atoms with Crippen LogP contribution in [0.1, 0.15) is 37.8 Å². The first-order valence-corrected chi connectivity index (χ1v) is 13.2.